The Hall–Kier alpha value is -0.0400. The van der Waals surface area contributed by atoms with Crippen molar-refractivity contribution < 1.29 is 0 Å². The fraction of sp³-hybridized carbons (Fsp3) is 1.00. The SMILES string of the molecule is CCCCC(CC)NCCCC1CC1. The van der Waals surface area contributed by atoms with E-state index in [1.165, 1.54) is 57.9 Å². The highest BCUT2D eigenvalue weighted by atomic mass is 14.9. The van der Waals surface area contributed by atoms with Gasteiger partial charge in [-0.2, -0.15) is 0 Å². The predicted molar refractivity (Wildman–Crippen MR) is 63.6 cm³/mol. The van der Waals surface area contributed by atoms with Crippen molar-refractivity contribution in [3.05, 3.63) is 0 Å². The molecule has 1 N–H and O–H groups in total. The van der Waals surface area contributed by atoms with E-state index in [0.29, 0.717) is 0 Å². The van der Waals surface area contributed by atoms with Crippen molar-refractivity contribution in [3.63, 3.8) is 0 Å². The number of rotatable bonds is 9. The first kappa shape index (κ1) is 12.0. The van der Waals surface area contributed by atoms with E-state index in [0.717, 1.165) is 12.0 Å². The monoisotopic (exact) mass is 197 g/mol. The standard InChI is InChI=1S/C13H27N/c1-3-5-8-13(4-2)14-11-6-7-12-9-10-12/h12-14H,3-11H2,1-2H3. The highest BCUT2D eigenvalue weighted by molar-refractivity contribution is 4.73. The Labute approximate surface area is 89.7 Å². The minimum Gasteiger partial charge on any atom is -0.314 e. The van der Waals surface area contributed by atoms with Crippen LogP contribution in [-0.4, -0.2) is 12.6 Å². The second-order valence-electron chi connectivity index (χ2n) is 4.79. The Balaban J connectivity index is 1.89. The average Bonchev–Trinajstić information content (AvgIpc) is 3.01. The molecule has 0 amide bonds. The topological polar surface area (TPSA) is 12.0 Å². The highest BCUT2D eigenvalue weighted by Gasteiger charge is 2.20. The number of unbranched alkanes of at least 4 members (excludes halogenated alkanes) is 1. The van der Waals surface area contributed by atoms with Crippen molar-refractivity contribution in [1.29, 1.82) is 0 Å². The number of nitrogens with one attached hydrogen (secondary N) is 1. The molecule has 14 heavy (non-hydrogen) atoms. The summed E-state index contributed by atoms with van der Waals surface area (Å²) in [6.45, 7) is 5.83. The third-order valence-electron chi connectivity index (χ3n) is 3.32. The van der Waals surface area contributed by atoms with E-state index in [2.05, 4.69) is 19.2 Å². The Morgan fingerprint density at radius 1 is 1.21 bits per heavy atom. The molecule has 0 heterocycles. The van der Waals surface area contributed by atoms with Crippen LogP contribution in [0, 0.1) is 5.92 Å². The molecule has 1 heteroatoms. The fourth-order valence-corrected chi connectivity index (χ4v) is 2.00. The van der Waals surface area contributed by atoms with Crippen molar-refractivity contribution in [3.8, 4) is 0 Å². The molecule has 0 aromatic carbocycles. The van der Waals surface area contributed by atoms with Gasteiger partial charge in [0.15, 0.2) is 0 Å². The summed E-state index contributed by atoms with van der Waals surface area (Å²) >= 11 is 0. The van der Waals surface area contributed by atoms with E-state index >= 15 is 0 Å². The lowest BCUT2D eigenvalue weighted by Crippen LogP contribution is -2.29. The van der Waals surface area contributed by atoms with Crippen LogP contribution >= 0.6 is 0 Å². The van der Waals surface area contributed by atoms with Crippen molar-refractivity contribution in [1.82, 2.24) is 5.32 Å². The lowest BCUT2D eigenvalue weighted by atomic mass is 10.1. The lowest BCUT2D eigenvalue weighted by molar-refractivity contribution is 0.442. The summed E-state index contributed by atoms with van der Waals surface area (Å²) in [5.41, 5.74) is 0. The van der Waals surface area contributed by atoms with Crippen molar-refractivity contribution in [2.75, 3.05) is 6.54 Å². The molecule has 0 aromatic heterocycles. The van der Waals surface area contributed by atoms with Crippen LogP contribution in [0.15, 0.2) is 0 Å². The summed E-state index contributed by atoms with van der Waals surface area (Å²) in [6, 6.07) is 0.786. The zero-order chi connectivity index (χ0) is 10.2. The molecule has 0 bridgehead atoms. The molecule has 1 aliphatic rings. The molecule has 1 saturated carbocycles. The minimum atomic E-state index is 0.786. The highest BCUT2D eigenvalue weighted by Crippen LogP contribution is 2.33. The van der Waals surface area contributed by atoms with Crippen LogP contribution in [0.5, 0.6) is 0 Å². The van der Waals surface area contributed by atoms with Gasteiger partial charge in [0.2, 0.25) is 0 Å². The predicted octanol–water partition coefficient (Wildman–Crippen LogP) is 3.74. The fourth-order valence-electron chi connectivity index (χ4n) is 2.00. The summed E-state index contributed by atoms with van der Waals surface area (Å²) in [7, 11) is 0. The summed E-state index contributed by atoms with van der Waals surface area (Å²) in [5, 5.41) is 3.69. The molecule has 1 fully saturated rings. The van der Waals surface area contributed by atoms with E-state index < -0.39 is 0 Å². The maximum Gasteiger partial charge on any atom is 0.00644 e. The van der Waals surface area contributed by atoms with Crippen molar-refractivity contribution in [2.24, 2.45) is 5.92 Å². The normalized spacial score (nSPS) is 18.4. The Morgan fingerprint density at radius 3 is 2.57 bits per heavy atom. The van der Waals surface area contributed by atoms with Crippen LogP contribution in [0.4, 0.5) is 0 Å². The smallest absolute Gasteiger partial charge is 0.00644 e. The van der Waals surface area contributed by atoms with Crippen LogP contribution in [0.1, 0.15) is 65.2 Å². The second kappa shape index (κ2) is 7.28. The summed E-state index contributed by atoms with van der Waals surface area (Å²) in [6.07, 6.45) is 11.3. The molecule has 1 atom stereocenters. The minimum absolute atomic E-state index is 0.786. The van der Waals surface area contributed by atoms with Gasteiger partial charge >= 0.3 is 0 Å². The second-order valence-corrected chi connectivity index (χ2v) is 4.79. The van der Waals surface area contributed by atoms with E-state index in [1.807, 2.05) is 0 Å². The molecular formula is C13H27N. The molecule has 0 aliphatic heterocycles. The van der Waals surface area contributed by atoms with Crippen LogP contribution in [0.3, 0.4) is 0 Å². The van der Waals surface area contributed by atoms with Gasteiger partial charge in [-0.15, -0.1) is 0 Å². The van der Waals surface area contributed by atoms with Gasteiger partial charge in [-0.05, 0) is 38.1 Å². The van der Waals surface area contributed by atoms with Gasteiger partial charge in [-0.3, -0.25) is 0 Å². The first-order valence-electron chi connectivity index (χ1n) is 6.60. The number of hydrogen-bond donors (Lipinski definition) is 1. The molecule has 0 aromatic rings. The van der Waals surface area contributed by atoms with Crippen molar-refractivity contribution in [2.45, 2.75) is 71.3 Å². The largest absolute Gasteiger partial charge is 0.314 e. The molecule has 0 radical (unpaired) electrons. The van der Waals surface area contributed by atoms with Gasteiger partial charge in [-0.25, -0.2) is 0 Å². The lowest BCUT2D eigenvalue weighted by Gasteiger charge is -2.16. The third kappa shape index (κ3) is 5.64. The third-order valence-corrected chi connectivity index (χ3v) is 3.32. The zero-order valence-corrected chi connectivity index (χ0v) is 10.0. The zero-order valence-electron chi connectivity index (χ0n) is 10.0. The average molecular weight is 197 g/mol. The van der Waals surface area contributed by atoms with Crippen LogP contribution < -0.4 is 5.32 Å². The van der Waals surface area contributed by atoms with E-state index in [4.69, 9.17) is 0 Å². The Morgan fingerprint density at radius 2 is 2.00 bits per heavy atom. The summed E-state index contributed by atoms with van der Waals surface area (Å²) in [5.74, 6) is 1.10. The van der Waals surface area contributed by atoms with Gasteiger partial charge in [-0.1, -0.05) is 39.5 Å². The van der Waals surface area contributed by atoms with E-state index in [-0.39, 0.29) is 0 Å². The van der Waals surface area contributed by atoms with E-state index in [9.17, 15) is 0 Å². The van der Waals surface area contributed by atoms with Gasteiger partial charge in [0.1, 0.15) is 0 Å². The van der Waals surface area contributed by atoms with Crippen LogP contribution in [0.2, 0.25) is 0 Å². The Kier molecular flexibility index (Phi) is 6.25. The van der Waals surface area contributed by atoms with E-state index in [1.54, 1.807) is 0 Å². The van der Waals surface area contributed by atoms with Gasteiger partial charge in [0, 0.05) is 6.04 Å². The van der Waals surface area contributed by atoms with Gasteiger partial charge in [0.25, 0.3) is 0 Å². The van der Waals surface area contributed by atoms with Gasteiger partial charge < -0.3 is 5.32 Å². The molecule has 1 nitrogen and oxygen atoms in total. The number of hydrogen-bond acceptors (Lipinski definition) is 1. The molecule has 1 aliphatic carbocycles. The summed E-state index contributed by atoms with van der Waals surface area (Å²) < 4.78 is 0. The van der Waals surface area contributed by atoms with Crippen LogP contribution in [-0.2, 0) is 0 Å². The molecule has 84 valence electrons. The molecule has 0 saturated heterocycles. The maximum atomic E-state index is 3.69. The van der Waals surface area contributed by atoms with Gasteiger partial charge in [0.05, 0.1) is 0 Å². The molecule has 1 rings (SSSR count). The molecular weight excluding hydrogens is 170 g/mol. The first-order valence-corrected chi connectivity index (χ1v) is 6.60. The maximum absolute atomic E-state index is 3.69. The molecule has 1 unspecified atom stereocenters. The van der Waals surface area contributed by atoms with Crippen LogP contribution in [0.25, 0.3) is 0 Å². The molecule has 0 spiro atoms. The first-order chi connectivity index (χ1) is 6.86. The van der Waals surface area contributed by atoms with Crippen molar-refractivity contribution >= 4 is 0 Å². The quantitative estimate of drug-likeness (QED) is 0.555. The summed E-state index contributed by atoms with van der Waals surface area (Å²) in [4.78, 5) is 0. The Bertz CT molecular complexity index is 129.